The SMILES string of the molecule is CC(C)(C)OCCC(NC(=O)CSc1ccc(C(C)(C)C)cc1)C(=O)O. The fourth-order valence-corrected chi connectivity index (χ4v) is 2.89. The molecule has 0 aliphatic rings. The third-order valence-corrected chi connectivity index (χ3v) is 4.68. The van der Waals surface area contributed by atoms with Crippen LogP contribution in [0.25, 0.3) is 0 Å². The first-order chi connectivity index (χ1) is 11.9. The lowest BCUT2D eigenvalue weighted by molar-refractivity contribution is -0.142. The van der Waals surface area contributed by atoms with Crippen LogP contribution in [0.5, 0.6) is 0 Å². The van der Waals surface area contributed by atoms with Gasteiger partial charge in [-0.15, -0.1) is 11.8 Å². The first-order valence-corrected chi connectivity index (χ1v) is 9.76. The molecule has 0 fully saturated rings. The molecule has 0 saturated heterocycles. The van der Waals surface area contributed by atoms with Crippen molar-refractivity contribution in [2.45, 2.75) is 69.9 Å². The lowest BCUT2D eigenvalue weighted by Gasteiger charge is -2.21. The molecule has 1 rings (SSSR count). The van der Waals surface area contributed by atoms with Crippen LogP contribution < -0.4 is 5.32 Å². The Bertz CT molecular complexity index is 600. The Labute approximate surface area is 160 Å². The summed E-state index contributed by atoms with van der Waals surface area (Å²) in [4.78, 5) is 24.4. The number of carbonyl (C=O) groups is 2. The molecule has 0 aliphatic carbocycles. The number of aliphatic carboxylic acids is 1. The van der Waals surface area contributed by atoms with Gasteiger partial charge in [-0.2, -0.15) is 0 Å². The van der Waals surface area contributed by atoms with Gasteiger partial charge in [0.1, 0.15) is 6.04 Å². The first-order valence-electron chi connectivity index (χ1n) is 8.78. The highest BCUT2D eigenvalue weighted by Crippen LogP contribution is 2.25. The number of rotatable bonds is 8. The highest BCUT2D eigenvalue weighted by atomic mass is 32.2. The van der Waals surface area contributed by atoms with Crippen molar-refractivity contribution in [1.29, 1.82) is 0 Å². The van der Waals surface area contributed by atoms with Gasteiger partial charge in [0.2, 0.25) is 5.91 Å². The molecule has 5 nitrogen and oxygen atoms in total. The maximum atomic E-state index is 12.1. The molecule has 2 N–H and O–H groups in total. The lowest BCUT2D eigenvalue weighted by Crippen LogP contribution is -2.42. The largest absolute Gasteiger partial charge is 0.480 e. The Morgan fingerprint density at radius 1 is 1.12 bits per heavy atom. The zero-order valence-corrected chi connectivity index (χ0v) is 17.4. The van der Waals surface area contributed by atoms with E-state index in [0.29, 0.717) is 0 Å². The van der Waals surface area contributed by atoms with Gasteiger partial charge in [0.05, 0.1) is 11.4 Å². The first kappa shape index (κ1) is 22.5. The van der Waals surface area contributed by atoms with Crippen molar-refractivity contribution in [3.05, 3.63) is 29.8 Å². The van der Waals surface area contributed by atoms with Crippen molar-refractivity contribution in [2.24, 2.45) is 0 Å². The average Bonchev–Trinajstić information content (AvgIpc) is 2.50. The van der Waals surface area contributed by atoms with E-state index in [2.05, 4.69) is 38.2 Å². The molecule has 1 amide bonds. The van der Waals surface area contributed by atoms with Crippen LogP contribution in [0.15, 0.2) is 29.2 Å². The van der Waals surface area contributed by atoms with Crippen LogP contribution in [0.4, 0.5) is 0 Å². The second kappa shape index (κ2) is 9.42. The molecule has 0 heterocycles. The number of amides is 1. The molecule has 0 saturated carbocycles. The third-order valence-electron chi connectivity index (χ3n) is 3.67. The van der Waals surface area contributed by atoms with Crippen molar-refractivity contribution in [2.75, 3.05) is 12.4 Å². The molecular weight excluding hydrogens is 350 g/mol. The van der Waals surface area contributed by atoms with Crippen LogP contribution in [0.1, 0.15) is 53.5 Å². The summed E-state index contributed by atoms with van der Waals surface area (Å²) in [6, 6.07) is 7.16. The van der Waals surface area contributed by atoms with Gasteiger partial charge in [-0.05, 0) is 43.9 Å². The minimum absolute atomic E-state index is 0.0877. The number of carbonyl (C=O) groups excluding carboxylic acids is 1. The number of hydrogen-bond donors (Lipinski definition) is 2. The van der Waals surface area contributed by atoms with E-state index in [1.807, 2.05) is 32.9 Å². The highest BCUT2D eigenvalue weighted by Gasteiger charge is 2.21. The summed E-state index contributed by atoms with van der Waals surface area (Å²) >= 11 is 1.39. The molecule has 0 radical (unpaired) electrons. The fraction of sp³-hybridized carbons (Fsp3) is 0.600. The number of nitrogens with one attached hydrogen (secondary N) is 1. The summed E-state index contributed by atoms with van der Waals surface area (Å²) in [6.07, 6.45) is 0.239. The number of carboxylic acid groups (broad SMARTS) is 1. The second-order valence-electron chi connectivity index (χ2n) is 8.27. The van der Waals surface area contributed by atoms with Crippen LogP contribution in [0.2, 0.25) is 0 Å². The molecule has 6 heteroatoms. The van der Waals surface area contributed by atoms with Crippen molar-refractivity contribution in [1.82, 2.24) is 5.32 Å². The van der Waals surface area contributed by atoms with E-state index in [1.54, 1.807) is 0 Å². The summed E-state index contributed by atoms with van der Waals surface area (Å²) in [5.74, 6) is -1.16. The smallest absolute Gasteiger partial charge is 0.326 e. The number of ether oxygens (including phenoxy) is 1. The second-order valence-corrected chi connectivity index (χ2v) is 9.32. The average molecular weight is 382 g/mol. The van der Waals surface area contributed by atoms with Gasteiger partial charge in [0, 0.05) is 17.9 Å². The van der Waals surface area contributed by atoms with Gasteiger partial charge < -0.3 is 15.2 Å². The topological polar surface area (TPSA) is 75.6 Å². The Kier molecular flexibility index (Phi) is 8.15. The molecule has 0 aliphatic heterocycles. The Hall–Kier alpha value is -1.53. The van der Waals surface area contributed by atoms with E-state index in [4.69, 9.17) is 4.74 Å². The Morgan fingerprint density at radius 2 is 1.69 bits per heavy atom. The van der Waals surface area contributed by atoms with E-state index in [-0.39, 0.29) is 35.7 Å². The summed E-state index contributed by atoms with van der Waals surface area (Å²) in [7, 11) is 0. The predicted molar refractivity (Wildman–Crippen MR) is 106 cm³/mol. The van der Waals surface area contributed by atoms with Gasteiger partial charge >= 0.3 is 5.97 Å². The van der Waals surface area contributed by atoms with E-state index in [1.165, 1.54) is 17.3 Å². The molecular formula is C20H31NO4S. The molecule has 0 bridgehead atoms. The normalized spacial score (nSPS) is 13.3. The van der Waals surface area contributed by atoms with Gasteiger partial charge in [0.15, 0.2) is 0 Å². The maximum absolute atomic E-state index is 12.1. The van der Waals surface area contributed by atoms with E-state index in [0.717, 1.165) is 4.90 Å². The third kappa shape index (κ3) is 8.72. The van der Waals surface area contributed by atoms with Gasteiger partial charge in [-0.1, -0.05) is 32.9 Å². The quantitative estimate of drug-likeness (QED) is 0.669. The minimum Gasteiger partial charge on any atom is -0.480 e. The molecule has 1 atom stereocenters. The zero-order valence-electron chi connectivity index (χ0n) is 16.6. The van der Waals surface area contributed by atoms with E-state index < -0.39 is 12.0 Å². The van der Waals surface area contributed by atoms with Gasteiger partial charge in [-0.25, -0.2) is 4.79 Å². The number of thioether (sulfide) groups is 1. The van der Waals surface area contributed by atoms with E-state index >= 15 is 0 Å². The van der Waals surface area contributed by atoms with Crippen LogP contribution >= 0.6 is 11.8 Å². The van der Waals surface area contributed by atoms with Gasteiger partial charge in [0.25, 0.3) is 0 Å². The Balaban J connectivity index is 2.49. The lowest BCUT2D eigenvalue weighted by atomic mass is 9.87. The molecule has 26 heavy (non-hydrogen) atoms. The number of hydrogen-bond acceptors (Lipinski definition) is 4. The monoisotopic (exact) mass is 381 g/mol. The molecule has 1 unspecified atom stereocenters. The van der Waals surface area contributed by atoms with Crippen molar-refractivity contribution in [3.63, 3.8) is 0 Å². The molecule has 1 aromatic rings. The van der Waals surface area contributed by atoms with E-state index in [9.17, 15) is 14.7 Å². The molecule has 0 aromatic heterocycles. The molecule has 1 aromatic carbocycles. The number of benzene rings is 1. The van der Waals surface area contributed by atoms with Crippen LogP contribution in [0.3, 0.4) is 0 Å². The van der Waals surface area contributed by atoms with Crippen LogP contribution in [-0.2, 0) is 19.7 Å². The van der Waals surface area contributed by atoms with Gasteiger partial charge in [-0.3, -0.25) is 4.79 Å². The standard InChI is InChI=1S/C20H31NO4S/c1-19(2,3)14-7-9-15(10-8-14)26-13-17(22)21-16(18(23)24)11-12-25-20(4,5)6/h7-10,16H,11-13H2,1-6H3,(H,21,22)(H,23,24). The summed E-state index contributed by atoms with van der Waals surface area (Å²) in [5, 5.41) is 11.8. The molecule has 146 valence electrons. The zero-order chi connectivity index (χ0) is 20.0. The summed E-state index contributed by atoms with van der Waals surface area (Å²) in [6.45, 7) is 12.4. The summed E-state index contributed by atoms with van der Waals surface area (Å²) in [5.41, 5.74) is 0.989. The van der Waals surface area contributed by atoms with Crippen molar-refractivity contribution < 1.29 is 19.4 Å². The fourth-order valence-electron chi connectivity index (χ4n) is 2.18. The number of carboxylic acids is 1. The van der Waals surface area contributed by atoms with Crippen molar-refractivity contribution >= 4 is 23.6 Å². The minimum atomic E-state index is -1.05. The van der Waals surface area contributed by atoms with Crippen LogP contribution in [0, 0.1) is 0 Å². The summed E-state index contributed by atoms with van der Waals surface area (Å²) < 4.78 is 5.54. The highest BCUT2D eigenvalue weighted by molar-refractivity contribution is 8.00. The maximum Gasteiger partial charge on any atom is 0.326 e. The Morgan fingerprint density at radius 3 is 2.15 bits per heavy atom. The van der Waals surface area contributed by atoms with Crippen molar-refractivity contribution in [3.8, 4) is 0 Å². The molecule has 0 spiro atoms. The predicted octanol–water partition coefficient (Wildman–Crippen LogP) is 3.85. The van der Waals surface area contributed by atoms with Crippen LogP contribution in [-0.4, -0.2) is 41.0 Å².